The van der Waals surface area contributed by atoms with Gasteiger partial charge in [0.1, 0.15) is 5.76 Å². The summed E-state index contributed by atoms with van der Waals surface area (Å²) in [5, 5.41) is 1.81. The molecule has 3 heterocycles. The van der Waals surface area contributed by atoms with Gasteiger partial charge in [0.05, 0.1) is 18.6 Å². The maximum absolute atomic E-state index is 13.0. The molecule has 0 N–H and O–H groups in total. The van der Waals surface area contributed by atoms with Gasteiger partial charge < -0.3 is 14.1 Å². The zero-order chi connectivity index (χ0) is 22.9. The minimum absolute atomic E-state index is 0.0274. The number of carbonyl (C=O) groups excluding carboxylic acids is 3. The Kier molecular flexibility index (Phi) is 5.68. The van der Waals surface area contributed by atoms with E-state index < -0.39 is 5.97 Å². The van der Waals surface area contributed by atoms with Gasteiger partial charge in [-0.25, -0.2) is 4.79 Å². The summed E-state index contributed by atoms with van der Waals surface area (Å²) >= 11 is 0.906. The van der Waals surface area contributed by atoms with Crippen LogP contribution in [0, 0.1) is 0 Å². The Morgan fingerprint density at radius 1 is 1.06 bits per heavy atom. The molecule has 2 amide bonds. The smallest absolute Gasteiger partial charge is 0.373 e. The summed E-state index contributed by atoms with van der Waals surface area (Å²) < 4.78 is 10.0. The summed E-state index contributed by atoms with van der Waals surface area (Å²) in [7, 11) is 1.26. The molecular formula is C25H22N2O5S. The minimum atomic E-state index is -0.612. The molecular weight excluding hydrogens is 440 g/mol. The number of benzene rings is 2. The maximum Gasteiger partial charge on any atom is 0.373 e. The molecule has 0 unspecified atom stereocenters. The van der Waals surface area contributed by atoms with Gasteiger partial charge in [-0.1, -0.05) is 30.3 Å². The van der Waals surface area contributed by atoms with Crippen molar-refractivity contribution in [3.8, 4) is 0 Å². The van der Waals surface area contributed by atoms with Gasteiger partial charge >= 0.3 is 5.97 Å². The fourth-order valence-electron chi connectivity index (χ4n) is 4.27. The first-order chi connectivity index (χ1) is 16.0. The summed E-state index contributed by atoms with van der Waals surface area (Å²) in [6.07, 6.45) is 4.17. The number of amides is 2. The number of furan rings is 1. The summed E-state index contributed by atoms with van der Waals surface area (Å²) in [5.74, 6) is -0.632. The Morgan fingerprint density at radius 3 is 2.58 bits per heavy atom. The van der Waals surface area contributed by atoms with Crippen LogP contribution in [-0.2, 0) is 16.1 Å². The maximum atomic E-state index is 13.0. The lowest BCUT2D eigenvalue weighted by atomic mass is 10.0. The number of fused-ring (bicyclic) bond motifs is 1. The summed E-state index contributed by atoms with van der Waals surface area (Å²) in [6, 6.07) is 15.3. The number of carbonyl (C=O) groups is 3. The fraction of sp³-hybridized carbons (Fsp3) is 0.240. The number of esters is 1. The number of imide groups is 1. The molecule has 168 valence electrons. The number of nitrogens with zero attached hydrogens (tertiary/aromatic N) is 2. The van der Waals surface area contributed by atoms with Gasteiger partial charge in [-0.15, -0.1) is 0 Å². The number of thioether (sulfide) groups is 1. The lowest BCUT2D eigenvalue weighted by Crippen LogP contribution is -2.27. The predicted molar refractivity (Wildman–Crippen MR) is 127 cm³/mol. The van der Waals surface area contributed by atoms with E-state index in [-0.39, 0.29) is 23.5 Å². The number of hydrogen-bond acceptors (Lipinski definition) is 7. The van der Waals surface area contributed by atoms with Crippen LogP contribution in [0.15, 0.2) is 57.9 Å². The zero-order valence-electron chi connectivity index (χ0n) is 18.1. The van der Waals surface area contributed by atoms with Gasteiger partial charge in [-0.3, -0.25) is 14.5 Å². The zero-order valence-corrected chi connectivity index (χ0v) is 18.9. The molecule has 3 aromatic rings. The molecule has 33 heavy (non-hydrogen) atoms. The van der Waals surface area contributed by atoms with Crippen LogP contribution >= 0.6 is 11.8 Å². The first-order valence-corrected chi connectivity index (χ1v) is 11.6. The molecule has 2 aliphatic rings. The fourth-order valence-corrected chi connectivity index (χ4v) is 5.10. The normalized spacial score (nSPS) is 17.5. The van der Waals surface area contributed by atoms with Crippen LogP contribution in [0.1, 0.15) is 34.7 Å². The van der Waals surface area contributed by atoms with Gasteiger partial charge in [0, 0.05) is 24.2 Å². The van der Waals surface area contributed by atoms with Gasteiger partial charge in [-0.05, 0) is 59.8 Å². The van der Waals surface area contributed by atoms with E-state index in [1.165, 1.54) is 31.7 Å². The van der Waals surface area contributed by atoms with Crippen molar-refractivity contribution < 1.29 is 23.5 Å². The largest absolute Gasteiger partial charge is 0.463 e. The van der Waals surface area contributed by atoms with E-state index in [1.807, 2.05) is 24.3 Å². The van der Waals surface area contributed by atoms with E-state index in [1.54, 1.807) is 12.1 Å². The number of hydrogen-bond donors (Lipinski definition) is 0. The monoisotopic (exact) mass is 462 g/mol. The van der Waals surface area contributed by atoms with E-state index >= 15 is 0 Å². The number of ether oxygens (including phenoxy) is 1. The minimum Gasteiger partial charge on any atom is -0.463 e. The van der Waals surface area contributed by atoms with Crippen LogP contribution in [0.4, 0.5) is 10.5 Å². The van der Waals surface area contributed by atoms with Crippen LogP contribution in [0.25, 0.3) is 16.8 Å². The highest BCUT2D eigenvalue weighted by atomic mass is 32.2. The predicted octanol–water partition coefficient (Wildman–Crippen LogP) is 5.06. The SMILES string of the molecule is COC(=O)c1ccc(CN2C(=O)SC(=Cc3ccc(N4CCCC4)c4ccccc34)C2=O)o1. The van der Waals surface area contributed by atoms with Crippen molar-refractivity contribution in [2.75, 3.05) is 25.1 Å². The molecule has 2 saturated heterocycles. The Hall–Kier alpha value is -3.52. The topological polar surface area (TPSA) is 80.1 Å². The van der Waals surface area contributed by atoms with Gasteiger partial charge in [0.25, 0.3) is 11.1 Å². The average molecular weight is 463 g/mol. The molecule has 8 heteroatoms. The molecule has 0 bridgehead atoms. The van der Waals surface area contributed by atoms with Crippen LogP contribution < -0.4 is 4.90 Å². The molecule has 0 saturated carbocycles. The summed E-state index contributed by atoms with van der Waals surface area (Å²) in [6.45, 7) is 2.05. The van der Waals surface area contributed by atoms with Crippen molar-refractivity contribution >= 4 is 51.4 Å². The van der Waals surface area contributed by atoms with E-state index in [4.69, 9.17) is 4.42 Å². The van der Waals surface area contributed by atoms with Crippen molar-refractivity contribution in [1.82, 2.24) is 4.90 Å². The third kappa shape index (κ3) is 4.02. The van der Waals surface area contributed by atoms with Crippen molar-refractivity contribution in [3.05, 3.63) is 70.5 Å². The van der Waals surface area contributed by atoms with Crippen LogP contribution in [-0.4, -0.2) is 42.2 Å². The second-order valence-electron chi connectivity index (χ2n) is 7.94. The quantitative estimate of drug-likeness (QED) is 0.387. The Bertz CT molecular complexity index is 1290. The van der Waals surface area contributed by atoms with Gasteiger partial charge in [0.15, 0.2) is 0 Å². The Balaban J connectivity index is 1.42. The lowest BCUT2D eigenvalue weighted by Gasteiger charge is -2.20. The van der Waals surface area contributed by atoms with Crippen LogP contribution in [0.5, 0.6) is 0 Å². The molecule has 2 aromatic carbocycles. The van der Waals surface area contributed by atoms with E-state index in [2.05, 4.69) is 21.8 Å². The van der Waals surface area contributed by atoms with Crippen molar-refractivity contribution in [3.63, 3.8) is 0 Å². The van der Waals surface area contributed by atoms with Crippen LogP contribution in [0.2, 0.25) is 0 Å². The van der Waals surface area contributed by atoms with Gasteiger partial charge in [-0.2, -0.15) is 0 Å². The highest BCUT2D eigenvalue weighted by Crippen LogP contribution is 2.37. The first kappa shape index (κ1) is 21.3. The van der Waals surface area contributed by atoms with Crippen molar-refractivity contribution in [2.45, 2.75) is 19.4 Å². The lowest BCUT2D eigenvalue weighted by molar-refractivity contribution is -0.123. The first-order valence-electron chi connectivity index (χ1n) is 10.7. The van der Waals surface area contributed by atoms with E-state index in [0.29, 0.717) is 10.7 Å². The Morgan fingerprint density at radius 2 is 1.82 bits per heavy atom. The van der Waals surface area contributed by atoms with Crippen molar-refractivity contribution in [2.24, 2.45) is 0 Å². The van der Waals surface area contributed by atoms with Crippen molar-refractivity contribution in [1.29, 1.82) is 0 Å². The van der Waals surface area contributed by atoms with E-state index in [9.17, 15) is 14.4 Å². The van der Waals surface area contributed by atoms with Gasteiger partial charge in [0.2, 0.25) is 5.76 Å². The third-order valence-electron chi connectivity index (χ3n) is 5.90. The molecule has 2 fully saturated rings. The number of anilines is 1. The third-order valence-corrected chi connectivity index (χ3v) is 6.81. The second-order valence-corrected chi connectivity index (χ2v) is 8.93. The highest BCUT2D eigenvalue weighted by Gasteiger charge is 2.36. The second kappa shape index (κ2) is 8.78. The molecule has 1 aromatic heterocycles. The number of rotatable bonds is 5. The molecule has 0 atom stereocenters. The molecule has 5 rings (SSSR count). The Labute approximate surface area is 195 Å². The standard InChI is InChI=1S/C25H22N2O5S/c1-31-24(29)21-11-9-17(32-21)15-27-23(28)22(33-25(27)30)14-16-8-10-20(26-12-4-5-13-26)19-7-3-2-6-18(16)19/h2-3,6-11,14H,4-5,12-13,15H2,1H3. The molecule has 2 aliphatic heterocycles. The summed E-state index contributed by atoms with van der Waals surface area (Å²) in [4.78, 5) is 41.0. The number of methoxy groups -OCH3 is 1. The molecule has 7 nitrogen and oxygen atoms in total. The molecule has 0 aliphatic carbocycles. The highest BCUT2D eigenvalue weighted by molar-refractivity contribution is 8.18. The summed E-state index contributed by atoms with van der Waals surface area (Å²) in [5.41, 5.74) is 2.10. The van der Waals surface area contributed by atoms with E-state index in [0.717, 1.165) is 46.1 Å². The van der Waals surface area contributed by atoms with Crippen LogP contribution in [0.3, 0.4) is 0 Å². The molecule has 0 radical (unpaired) electrons. The average Bonchev–Trinajstić information content (AvgIpc) is 3.58. The molecule has 0 spiro atoms.